The number of hydrogen-bond donors (Lipinski definition) is 1. The maximum Gasteiger partial charge on any atom is 0.337 e. The first-order valence-corrected chi connectivity index (χ1v) is 11.3. The van der Waals surface area contributed by atoms with Crippen molar-refractivity contribution >= 4 is 58.0 Å². The molecule has 1 aliphatic rings. The lowest BCUT2D eigenvalue weighted by atomic mass is 10.1. The van der Waals surface area contributed by atoms with Gasteiger partial charge in [-0.05, 0) is 43.5 Å². The number of thiocarbonyl (C=S) groups is 1. The van der Waals surface area contributed by atoms with Crippen LogP contribution in [0.1, 0.15) is 47.4 Å². The first-order valence-electron chi connectivity index (χ1n) is 10.0. The molecule has 3 rings (SSSR count). The highest BCUT2D eigenvalue weighted by molar-refractivity contribution is 8.26. The molecule has 2 aromatic rings. The Bertz CT molecular complexity index is 1050. The van der Waals surface area contributed by atoms with Crippen molar-refractivity contribution in [1.29, 1.82) is 0 Å². The van der Waals surface area contributed by atoms with Crippen LogP contribution in [0.5, 0.6) is 0 Å². The SMILES string of the molecule is COC(=O)c1ccc(/C=C2\SC(=S)N(CCCCCC(=O)Nc3cc(C)on3)C2=O)cc1. The van der Waals surface area contributed by atoms with Gasteiger partial charge in [0.25, 0.3) is 5.91 Å². The summed E-state index contributed by atoms with van der Waals surface area (Å²) in [6.45, 7) is 2.26. The summed E-state index contributed by atoms with van der Waals surface area (Å²) in [4.78, 5) is 38.3. The quantitative estimate of drug-likeness (QED) is 0.251. The molecule has 0 bridgehead atoms. The van der Waals surface area contributed by atoms with Crippen LogP contribution in [0.3, 0.4) is 0 Å². The smallest absolute Gasteiger partial charge is 0.337 e. The van der Waals surface area contributed by atoms with Crippen LogP contribution in [0.15, 0.2) is 39.8 Å². The van der Waals surface area contributed by atoms with Crippen LogP contribution in [0.2, 0.25) is 0 Å². The molecule has 168 valence electrons. The van der Waals surface area contributed by atoms with Crippen molar-refractivity contribution in [2.45, 2.75) is 32.6 Å². The van der Waals surface area contributed by atoms with Crippen LogP contribution >= 0.6 is 24.0 Å². The van der Waals surface area contributed by atoms with E-state index >= 15 is 0 Å². The molecule has 2 amide bonds. The van der Waals surface area contributed by atoms with Gasteiger partial charge in [-0.25, -0.2) is 4.79 Å². The molecule has 2 heterocycles. The molecule has 8 nitrogen and oxygen atoms in total. The highest BCUT2D eigenvalue weighted by Crippen LogP contribution is 2.32. The second-order valence-corrected chi connectivity index (χ2v) is 8.80. The molecule has 1 saturated heterocycles. The fraction of sp³-hybridized carbons (Fsp3) is 0.318. The minimum atomic E-state index is -0.409. The summed E-state index contributed by atoms with van der Waals surface area (Å²) in [7, 11) is 1.33. The fourth-order valence-corrected chi connectivity index (χ4v) is 4.35. The predicted molar refractivity (Wildman–Crippen MR) is 126 cm³/mol. The number of aromatic nitrogens is 1. The molecule has 1 aromatic carbocycles. The zero-order valence-corrected chi connectivity index (χ0v) is 19.4. The minimum absolute atomic E-state index is 0.120. The molecule has 0 atom stereocenters. The Labute approximate surface area is 195 Å². The third-order valence-corrected chi connectivity index (χ3v) is 6.06. The molecule has 0 aliphatic carbocycles. The van der Waals surface area contributed by atoms with Gasteiger partial charge in [-0.3, -0.25) is 14.5 Å². The van der Waals surface area contributed by atoms with Crippen molar-refractivity contribution in [3.05, 3.63) is 52.1 Å². The number of anilines is 1. The topological polar surface area (TPSA) is 102 Å². The lowest BCUT2D eigenvalue weighted by Crippen LogP contribution is -2.29. The van der Waals surface area contributed by atoms with Gasteiger partial charge in [-0.1, -0.05) is 47.7 Å². The van der Waals surface area contributed by atoms with Crippen LogP contribution in [-0.4, -0.2) is 45.8 Å². The first-order chi connectivity index (χ1) is 15.4. The van der Waals surface area contributed by atoms with Gasteiger partial charge in [-0.2, -0.15) is 0 Å². The van der Waals surface area contributed by atoms with Crippen LogP contribution in [0.25, 0.3) is 6.08 Å². The summed E-state index contributed by atoms with van der Waals surface area (Å²) in [6, 6.07) is 8.47. The number of aryl methyl sites for hydroxylation is 1. The van der Waals surface area contributed by atoms with Crippen LogP contribution in [-0.2, 0) is 14.3 Å². The molecule has 1 aliphatic heterocycles. The second-order valence-electron chi connectivity index (χ2n) is 7.13. The number of carbonyl (C=O) groups excluding carboxylic acids is 3. The molecule has 0 radical (unpaired) electrons. The number of hydrogen-bond acceptors (Lipinski definition) is 8. The van der Waals surface area contributed by atoms with Gasteiger partial charge in [0.05, 0.1) is 17.6 Å². The Balaban J connectivity index is 1.44. The van der Waals surface area contributed by atoms with E-state index < -0.39 is 5.97 Å². The number of nitrogens with zero attached hydrogens (tertiary/aromatic N) is 2. The highest BCUT2D eigenvalue weighted by Gasteiger charge is 2.31. The van der Waals surface area contributed by atoms with Crippen molar-refractivity contribution in [3.63, 3.8) is 0 Å². The fourth-order valence-electron chi connectivity index (χ4n) is 3.04. The van der Waals surface area contributed by atoms with Crippen molar-refractivity contribution < 1.29 is 23.6 Å². The van der Waals surface area contributed by atoms with E-state index in [1.165, 1.54) is 18.9 Å². The van der Waals surface area contributed by atoms with E-state index in [2.05, 4.69) is 15.2 Å². The molecular weight excluding hydrogens is 450 g/mol. The molecular formula is C22H23N3O5S2. The van der Waals surface area contributed by atoms with Crippen molar-refractivity contribution in [2.24, 2.45) is 0 Å². The Morgan fingerprint density at radius 3 is 2.66 bits per heavy atom. The van der Waals surface area contributed by atoms with E-state index in [1.54, 1.807) is 48.2 Å². The molecule has 32 heavy (non-hydrogen) atoms. The third kappa shape index (κ3) is 6.27. The van der Waals surface area contributed by atoms with Crippen LogP contribution < -0.4 is 5.32 Å². The number of esters is 1. The number of thioether (sulfide) groups is 1. The molecule has 10 heteroatoms. The standard InChI is InChI=1S/C22H23N3O5S2/c1-14-12-18(24-30-14)23-19(26)6-4-3-5-11-25-20(27)17(32-22(25)31)13-15-7-9-16(10-8-15)21(28)29-2/h7-10,12-13H,3-6,11H2,1-2H3,(H,23,24,26)/b17-13-. The lowest BCUT2D eigenvalue weighted by Gasteiger charge is -2.14. The summed E-state index contributed by atoms with van der Waals surface area (Å²) >= 11 is 6.62. The van der Waals surface area contributed by atoms with Crippen LogP contribution in [0.4, 0.5) is 5.82 Å². The Hall–Kier alpha value is -2.98. The minimum Gasteiger partial charge on any atom is -0.465 e. The number of amides is 2. The van der Waals surface area contributed by atoms with Gasteiger partial charge < -0.3 is 14.6 Å². The van der Waals surface area contributed by atoms with Crippen molar-refractivity contribution in [1.82, 2.24) is 10.1 Å². The monoisotopic (exact) mass is 473 g/mol. The normalized spacial score (nSPS) is 14.8. The summed E-state index contributed by atoms with van der Waals surface area (Å²) in [5.41, 5.74) is 1.24. The molecule has 1 aromatic heterocycles. The summed E-state index contributed by atoms with van der Waals surface area (Å²) < 4.78 is 10.1. The molecule has 1 fully saturated rings. The number of unbranched alkanes of at least 4 members (excludes halogenated alkanes) is 2. The number of rotatable bonds is 9. The van der Waals surface area contributed by atoms with Gasteiger partial charge in [-0.15, -0.1) is 0 Å². The second kappa shape index (κ2) is 11.1. The largest absolute Gasteiger partial charge is 0.465 e. The summed E-state index contributed by atoms with van der Waals surface area (Å²) in [5, 5.41) is 6.41. The Morgan fingerprint density at radius 1 is 1.25 bits per heavy atom. The number of nitrogens with one attached hydrogen (secondary N) is 1. The first kappa shape index (κ1) is 23.7. The zero-order valence-electron chi connectivity index (χ0n) is 17.8. The Kier molecular flexibility index (Phi) is 8.18. The molecule has 1 N–H and O–H groups in total. The highest BCUT2D eigenvalue weighted by atomic mass is 32.2. The number of benzene rings is 1. The number of ether oxygens (including phenoxy) is 1. The van der Waals surface area contributed by atoms with E-state index in [4.69, 9.17) is 16.7 Å². The zero-order chi connectivity index (χ0) is 23.1. The summed E-state index contributed by atoms with van der Waals surface area (Å²) in [5.74, 6) is 0.391. The molecule has 0 unspecified atom stereocenters. The van der Waals surface area contributed by atoms with Crippen LogP contribution in [0, 0.1) is 6.92 Å². The lowest BCUT2D eigenvalue weighted by molar-refractivity contribution is -0.122. The molecule has 0 spiro atoms. The van der Waals surface area contributed by atoms with Crippen molar-refractivity contribution in [3.8, 4) is 0 Å². The average molecular weight is 474 g/mol. The van der Waals surface area contributed by atoms with Gasteiger partial charge >= 0.3 is 5.97 Å². The predicted octanol–water partition coefficient (Wildman–Crippen LogP) is 4.17. The number of methoxy groups -OCH3 is 1. The van der Waals surface area contributed by atoms with E-state index in [0.717, 1.165) is 18.4 Å². The van der Waals surface area contributed by atoms with Gasteiger partial charge in [0.1, 0.15) is 10.1 Å². The maximum absolute atomic E-state index is 12.7. The van der Waals surface area contributed by atoms with E-state index in [1.807, 2.05) is 0 Å². The van der Waals surface area contributed by atoms with Gasteiger partial charge in [0.2, 0.25) is 5.91 Å². The third-order valence-electron chi connectivity index (χ3n) is 4.68. The average Bonchev–Trinajstić information content (AvgIpc) is 3.30. The van der Waals surface area contributed by atoms with Gasteiger partial charge in [0.15, 0.2) is 5.82 Å². The number of carbonyl (C=O) groups is 3. The van der Waals surface area contributed by atoms with Crippen molar-refractivity contribution in [2.75, 3.05) is 19.0 Å². The van der Waals surface area contributed by atoms with E-state index in [0.29, 0.717) is 45.8 Å². The Morgan fingerprint density at radius 2 is 2.00 bits per heavy atom. The van der Waals surface area contributed by atoms with E-state index in [9.17, 15) is 14.4 Å². The summed E-state index contributed by atoms with van der Waals surface area (Å²) in [6.07, 6.45) is 4.35. The van der Waals surface area contributed by atoms with Gasteiger partial charge in [0, 0.05) is 19.0 Å². The van der Waals surface area contributed by atoms with E-state index in [-0.39, 0.29) is 11.8 Å². The maximum atomic E-state index is 12.7. The molecule has 0 saturated carbocycles.